The van der Waals surface area contributed by atoms with E-state index in [1.807, 2.05) is 11.5 Å². The number of carbonyl (C=O) groups is 3. The van der Waals surface area contributed by atoms with E-state index in [9.17, 15) is 14.4 Å². The van der Waals surface area contributed by atoms with Gasteiger partial charge in [-0.25, -0.2) is 4.79 Å². The maximum absolute atomic E-state index is 12.4. The van der Waals surface area contributed by atoms with Crippen molar-refractivity contribution in [2.45, 2.75) is 44.3 Å². The number of ether oxygens (including phenoxy) is 1. The van der Waals surface area contributed by atoms with E-state index in [-0.39, 0.29) is 27.1 Å². The van der Waals surface area contributed by atoms with Crippen LogP contribution in [0.15, 0.2) is 5.16 Å². The first kappa shape index (κ1) is 20.3. The Kier molecular flexibility index (Phi) is 6.04. The number of thioether (sulfide) groups is 1. The number of anilines is 1. The first-order valence-electron chi connectivity index (χ1n) is 8.74. The SMILES string of the molecule is CCn1c(SCC(=O)Nc2sc(C(N)=O)c(C)c2C(=O)OC)nnc1C1CC1. The molecule has 28 heavy (non-hydrogen) atoms. The smallest absolute Gasteiger partial charge is 0.341 e. The van der Waals surface area contributed by atoms with Crippen molar-refractivity contribution >= 4 is 45.9 Å². The number of primary amides is 1. The Bertz CT molecular complexity index is 932. The molecule has 1 aliphatic carbocycles. The second-order valence-electron chi connectivity index (χ2n) is 6.31. The van der Waals surface area contributed by atoms with Crippen molar-refractivity contribution < 1.29 is 19.1 Å². The lowest BCUT2D eigenvalue weighted by molar-refractivity contribution is -0.113. The normalized spacial score (nSPS) is 13.4. The molecule has 3 N–H and O–H groups in total. The van der Waals surface area contributed by atoms with E-state index in [1.165, 1.54) is 18.9 Å². The molecule has 1 fully saturated rings. The summed E-state index contributed by atoms with van der Waals surface area (Å²) in [4.78, 5) is 36.3. The summed E-state index contributed by atoms with van der Waals surface area (Å²) < 4.78 is 6.78. The Balaban J connectivity index is 1.72. The van der Waals surface area contributed by atoms with Gasteiger partial charge in [0.25, 0.3) is 5.91 Å². The van der Waals surface area contributed by atoms with Gasteiger partial charge in [-0.1, -0.05) is 11.8 Å². The second kappa shape index (κ2) is 8.31. The standard InChI is InChI=1S/C17H21N5O4S2/c1-4-22-14(9-5-6-9)20-21-17(22)27-7-10(23)19-15-11(16(25)26-3)8(2)12(28-15)13(18)24/h9H,4-7H2,1-3H3,(H2,18,24)(H,19,23). The molecule has 150 valence electrons. The lowest BCUT2D eigenvalue weighted by Crippen LogP contribution is -2.16. The van der Waals surface area contributed by atoms with E-state index in [1.54, 1.807) is 6.92 Å². The summed E-state index contributed by atoms with van der Waals surface area (Å²) >= 11 is 2.24. The van der Waals surface area contributed by atoms with Gasteiger partial charge in [0.05, 0.1) is 23.3 Å². The molecule has 1 saturated carbocycles. The number of thiophene rings is 1. The van der Waals surface area contributed by atoms with Crippen LogP contribution in [-0.4, -0.2) is 45.4 Å². The quantitative estimate of drug-likeness (QED) is 0.491. The zero-order valence-electron chi connectivity index (χ0n) is 15.8. The maximum atomic E-state index is 12.4. The summed E-state index contributed by atoms with van der Waals surface area (Å²) in [5.41, 5.74) is 5.89. The molecule has 0 aliphatic heterocycles. The predicted octanol–water partition coefficient (Wildman–Crippen LogP) is 2.16. The number of nitrogens with one attached hydrogen (secondary N) is 1. The van der Waals surface area contributed by atoms with Gasteiger partial charge in [-0.15, -0.1) is 21.5 Å². The Morgan fingerprint density at radius 3 is 2.64 bits per heavy atom. The van der Waals surface area contributed by atoms with Crippen LogP contribution in [0.25, 0.3) is 0 Å². The van der Waals surface area contributed by atoms with Crippen LogP contribution in [0.3, 0.4) is 0 Å². The van der Waals surface area contributed by atoms with Crippen molar-refractivity contribution in [3.05, 3.63) is 21.8 Å². The third kappa shape index (κ3) is 4.04. The van der Waals surface area contributed by atoms with Crippen molar-refractivity contribution in [1.82, 2.24) is 14.8 Å². The Morgan fingerprint density at radius 2 is 2.07 bits per heavy atom. The van der Waals surface area contributed by atoms with Gasteiger partial charge in [0.15, 0.2) is 5.16 Å². The fourth-order valence-corrected chi connectivity index (χ4v) is 4.70. The van der Waals surface area contributed by atoms with Gasteiger partial charge in [0.2, 0.25) is 5.91 Å². The number of hydrogen-bond acceptors (Lipinski definition) is 8. The lowest BCUT2D eigenvalue weighted by Gasteiger charge is -2.07. The Labute approximate surface area is 170 Å². The zero-order chi connectivity index (χ0) is 20.4. The monoisotopic (exact) mass is 423 g/mol. The van der Waals surface area contributed by atoms with E-state index in [2.05, 4.69) is 15.5 Å². The minimum absolute atomic E-state index is 0.0895. The minimum atomic E-state index is -0.661. The number of esters is 1. The molecule has 0 saturated heterocycles. The predicted molar refractivity (Wildman–Crippen MR) is 106 cm³/mol. The highest BCUT2D eigenvalue weighted by Crippen LogP contribution is 2.40. The fourth-order valence-electron chi connectivity index (χ4n) is 2.82. The average Bonchev–Trinajstić information content (AvgIpc) is 3.34. The van der Waals surface area contributed by atoms with Gasteiger partial charge in [0.1, 0.15) is 10.8 Å². The van der Waals surface area contributed by atoms with Gasteiger partial charge in [0, 0.05) is 12.5 Å². The number of nitrogens with zero attached hydrogens (tertiary/aromatic N) is 3. The highest BCUT2D eigenvalue weighted by atomic mass is 32.2. The molecular weight excluding hydrogens is 402 g/mol. The average molecular weight is 424 g/mol. The van der Waals surface area contributed by atoms with Crippen LogP contribution in [-0.2, 0) is 16.1 Å². The third-order valence-corrected chi connectivity index (χ3v) is 6.54. The highest BCUT2D eigenvalue weighted by molar-refractivity contribution is 7.99. The third-order valence-electron chi connectivity index (χ3n) is 4.35. The van der Waals surface area contributed by atoms with Gasteiger partial charge in [-0.3, -0.25) is 9.59 Å². The van der Waals surface area contributed by atoms with Crippen molar-refractivity contribution in [2.75, 3.05) is 18.2 Å². The Morgan fingerprint density at radius 1 is 1.36 bits per heavy atom. The van der Waals surface area contributed by atoms with Gasteiger partial charge in [-0.2, -0.15) is 0 Å². The lowest BCUT2D eigenvalue weighted by atomic mass is 10.1. The molecule has 0 aromatic carbocycles. The number of methoxy groups -OCH3 is 1. The van der Waals surface area contributed by atoms with Gasteiger partial charge >= 0.3 is 5.97 Å². The fraction of sp³-hybridized carbons (Fsp3) is 0.471. The molecule has 2 aromatic heterocycles. The second-order valence-corrected chi connectivity index (χ2v) is 8.28. The Hall–Kier alpha value is -2.40. The topological polar surface area (TPSA) is 129 Å². The van der Waals surface area contributed by atoms with E-state index in [0.717, 1.165) is 36.5 Å². The van der Waals surface area contributed by atoms with Crippen LogP contribution in [0.1, 0.15) is 57.1 Å². The number of hydrogen-bond donors (Lipinski definition) is 2. The molecule has 3 rings (SSSR count). The molecule has 1 aliphatic rings. The van der Waals surface area contributed by atoms with Crippen molar-refractivity contribution in [3.63, 3.8) is 0 Å². The molecule has 0 spiro atoms. The van der Waals surface area contributed by atoms with E-state index in [0.29, 0.717) is 16.6 Å². The number of aromatic nitrogens is 3. The molecular formula is C17H21N5O4S2. The summed E-state index contributed by atoms with van der Waals surface area (Å²) in [7, 11) is 1.24. The van der Waals surface area contributed by atoms with E-state index < -0.39 is 11.9 Å². The van der Waals surface area contributed by atoms with Crippen molar-refractivity contribution in [2.24, 2.45) is 5.73 Å². The number of amides is 2. The molecule has 0 radical (unpaired) electrons. The summed E-state index contributed by atoms with van der Waals surface area (Å²) in [6.07, 6.45) is 2.25. The summed E-state index contributed by atoms with van der Waals surface area (Å²) in [6.45, 7) is 4.35. The number of nitrogens with two attached hydrogens (primary N) is 1. The summed E-state index contributed by atoms with van der Waals surface area (Å²) in [6, 6.07) is 0. The van der Waals surface area contributed by atoms with Crippen LogP contribution in [0.5, 0.6) is 0 Å². The molecule has 11 heteroatoms. The maximum Gasteiger partial charge on any atom is 0.341 e. The molecule has 2 aromatic rings. The first-order valence-corrected chi connectivity index (χ1v) is 10.5. The van der Waals surface area contributed by atoms with Crippen molar-refractivity contribution in [1.29, 1.82) is 0 Å². The van der Waals surface area contributed by atoms with Crippen LogP contribution < -0.4 is 11.1 Å². The number of rotatable bonds is 8. The molecule has 9 nitrogen and oxygen atoms in total. The largest absolute Gasteiger partial charge is 0.465 e. The highest BCUT2D eigenvalue weighted by Gasteiger charge is 2.30. The van der Waals surface area contributed by atoms with Gasteiger partial charge in [-0.05, 0) is 32.3 Å². The molecule has 2 heterocycles. The molecule has 0 unspecified atom stereocenters. The van der Waals surface area contributed by atoms with E-state index >= 15 is 0 Å². The molecule has 0 bridgehead atoms. The summed E-state index contributed by atoms with van der Waals surface area (Å²) in [5.74, 6) is -0.0918. The van der Waals surface area contributed by atoms with Gasteiger partial charge < -0.3 is 20.4 Å². The zero-order valence-corrected chi connectivity index (χ0v) is 17.4. The first-order chi connectivity index (χ1) is 13.4. The summed E-state index contributed by atoms with van der Waals surface area (Å²) in [5, 5.41) is 12.1. The minimum Gasteiger partial charge on any atom is -0.465 e. The van der Waals surface area contributed by atoms with E-state index in [4.69, 9.17) is 10.5 Å². The molecule has 0 atom stereocenters. The van der Waals surface area contributed by atoms with Crippen LogP contribution in [0, 0.1) is 6.92 Å². The van der Waals surface area contributed by atoms with Crippen LogP contribution >= 0.6 is 23.1 Å². The molecule has 2 amide bonds. The van der Waals surface area contributed by atoms with Crippen LogP contribution in [0.2, 0.25) is 0 Å². The number of carbonyl (C=O) groups excluding carboxylic acids is 3. The van der Waals surface area contributed by atoms with Crippen LogP contribution in [0.4, 0.5) is 5.00 Å². The van der Waals surface area contributed by atoms with Crippen molar-refractivity contribution in [3.8, 4) is 0 Å².